The van der Waals surface area contributed by atoms with Gasteiger partial charge in [0.25, 0.3) is 0 Å². The van der Waals surface area contributed by atoms with Crippen molar-refractivity contribution >= 4 is 23.4 Å². The molecule has 0 aromatic heterocycles. The first-order chi connectivity index (χ1) is 11.8. The maximum Gasteiger partial charge on any atom is 0.234 e. The molecule has 0 radical (unpaired) electrons. The molecule has 24 heavy (non-hydrogen) atoms. The normalized spacial score (nSPS) is 13.0. The number of benzene rings is 2. The zero-order valence-corrected chi connectivity index (χ0v) is 14.2. The van der Waals surface area contributed by atoms with Gasteiger partial charge in [-0.15, -0.1) is 11.8 Å². The van der Waals surface area contributed by atoms with Crippen LogP contribution in [0.3, 0.4) is 0 Å². The van der Waals surface area contributed by atoms with Crippen LogP contribution in [-0.2, 0) is 4.79 Å². The van der Waals surface area contributed by atoms with Crippen LogP contribution in [0.2, 0.25) is 0 Å². The SMILES string of the molecule is COc1ccccc1NC(=O)CSc1ccc2c(c1)OCCCO2. The Morgan fingerprint density at radius 1 is 1.17 bits per heavy atom. The van der Waals surface area contributed by atoms with Gasteiger partial charge in [0, 0.05) is 11.3 Å². The number of hydrogen-bond donors (Lipinski definition) is 1. The third-order valence-electron chi connectivity index (χ3n) is 3.47. The quantitative estimate of drug-likeness (QED) is 0.839. The molecule has 1 aliphatic heterocycles. The van der Waals surface area contributed by atoms with Crippen LogP contribution in [0.25, 0.3) is 0 Å². The summed E-state index contributed by atoms with van der Waals surface area (Å²) in [7, 11) is 1.58. The molecule has 0 saturated carbocycles. The Bertz CT molecular complexity index is 720. The highest BCUT2D eigenvalue weighted by Gasteiger charge is 2.12. The van der Waals surface area contributed by atoms with Crippen molar-refractivity contribution in [2.75, 3.05) is 31.4 Å². The van der Waals surface area contributed by atoms with E-state index in [2.05, 4.69) is 5.32 Å². The van der Waals surface area contributed by atoms with Crippen molar-refractivity contribution in [1.29, 1.82) is 0 Å². The Kier molecular flexibility index (Phi) is 5.48. The molecule has 1 aliphatic rings. The average molecular weight is 345 g/mol. The van der Waals surface area contributed by atoms with Gasteiger partial charge in [0.2, 0.25) is 5.91 Å². The molecule has 0 aliphatic carbocycles. The minimum absolute atomic E-state index is 0.0865. The maximum atomic E-state index is 12.2. The van der Waals surface area contributed by atoms with E-state index in [1.165, 1.54) is 11.8 Å². The van der Waals surface area contributed by atoms with E-state index in [1.54, 1.807) is 7.11 Å². The van der Waals surface area contributed by atoms with Gasteiger partial charge in [0.15, 0.2) is 11.5 Å². The molecule has 1 amide bonds. The summed E-state index contributed by atoms with van der Waals surface area (Å²) in [4.78, 5) is 13.1. The minimum atomic E-state index is -0.0865. The first-order valence-electron chi connectivity index (χ1n) is 7.71. The second kappa shape index (κ2) is 7.97. The fourth-order valence-corrected chi connectivity index (χ4v) is 3.04. The molecule has 2 aromatic carbocycles. The van der Waals surface area contributed by atoms with Crippen molar-refractivity contribution in [2.24, 2.45) is 0 Å². The molecule has 0 unspecified atom stereocenters. The number of fused-ring (bicyclic) bond motifs is 1. The number of amides is 1. The van der Waals surface area contributed by atoms with Crippen LogP contribution >= 0.6 is 11.8 Å². The molecule has 6 heteroatoms. The minimum Gasteiger partial charge on any atom is -0.495 e. The Morgan fingerprint density at radius 3 is 2.79 bits per heavy atom. The molecule has 1 heterocycles. The first kappa shape index (κ1) is 16.5. The number of anilines is 1. The van der Waals surface area contributed by atoms with E-state index in [0.29, 0.717) is 30.4 Å². The molecule has 0 spiro atoms. The van der Waals surface area contributed by atoms with Crippen molar-refractivity contribution in [3.63, 3.8) is 0 Å². The summed E-state index contributed by atoms with van der Waals surface area (Å²) >= 11 is 1.45. The van der Waals surface area contributed by atoms with Gasteiger partial charge in [-0.25, -0.2) is 0 Å². The molecule has 0 atom stereocenters. The van der Waals surface area contributed by atoms with E-state index in [9.17, 15) is 4.79 Å². The number of hydrogen-bond acceptors (Lipinski definition) is 5. The molecule has 0 fully saturated rings. The number of rotatable bonds is 5. The summed E-state index contributed by atoms with van der Waals surface area (Å²) in [6.45, 7) is 1.32. The van der Waals surface area contributed by atoms with Gasteiger partial charge in [0.1, 0.15) is 5.75 Å². The fourth-order valence-electron chi connectivity index (χ4n) is 2.32. The zero-order valence-electron chi connectivity index (χ0n) is 13.4. The van der Waals surface area contributed by atoms with Crippen LogP contribution < -0.4 is 19.5 Å². The summed E-state index contributed by atoms with van der Waals surface area (Å²) in [6.07, 6.45) is 0.873. The van der Waals surface area contributed by atoms with Crippen LogP contribution in [0.15, 0.2) is 47.4 Å². The van der Waals surface area contributed by atoms with Gasteiger partial charge in [0.05, 0.1) is 31.8 Å². The summed E-state index contributed by atoms with van der Waals surface area (Å²) in [6, 6.07) is 13.1. The third-order valence-corrected chi connectivity index (χ3v) is 4.46. The van der Waals surface area contributed by atoms with Crippen molar-refractivity contribution in [3.8, 4) is 17.2 Å². The van der Waals surface area contributed by atoms with Crippen LogP contribution in [0, 0.1) is 0 Å². The van der Waals surface area contributed by atoms with E-state index in [0.717, 1.165) is 22.8 Å². The number of para-hydroxylation sites is 2. The topological polar surface area (TPSA) is 56.8 Å². The van der Waals surface area contributed by atoms with Gasteiger partial charge in [-0.1, -0.05) is 12.1 Å². The van der Waals surface area contributed by atoms with Crippen LogP contribution in [0.5, 0.6) is 17.2 Å². The summed E-state index contributed by atoms with van der Waals surface area (Å²) in [5.41, 5.74) is 0.671. The van der Waals surface area contributed by atoms with E-state index in [4.69, 9.17) is 14.2 Å². The highest BCUT2D eigenvalue weighted by atomic mass is 32.2. The molecule has 0 saturated heterocycles. The van der Waals surface area contributed by atoms with Crippen molar-refractivity contribution in [3.05, 3.63) is 42.5 Å². The largest absolute Gasteiger partial charge is 0.495 e. The Hall–Kier alpha value is -2.34. The second-order valence-electron chi connectivity index (χ2n) is 5.20. The summed E-state index contributed by atoms with van der Waals surface area (Å²) in [5, 5.41) is 2.86. The van der Waals surface area contributed by atoms with Crippen molar-refractivity contribution in [1.82, 2.24) is 0 Å². The van der Waals surface area contributed by atoms with Gasteiger partial charge >= 0.3 is 0 Å². The summed E-state index contributed by atoms with van der Waals surface area (Å²) < 4.78 is 16.5. The monoisotopic (exact) mass is 345 g/mol. The molecule has 2 aromatic rings. The molecular formula is C18H19NO4S. The highest BCUT2D eigenvalue weighted by molar-refractivity contribution is 8.00. The predicted octanol–water partition coefficient (Wildman–Crippen LogP) is 3.59. The third kappa shape index (κ3) is 4.14. The highest BCUT2D eigenvalue weighted by Crippen LogP contribution is 2.34. The molecule has 0 bridgehead atoms. The van der Waals surface area contributed by atoms with E-state index >= 15 is 0 Å². The van der Waals surface area contributed by atoms with Crippen molar-refractivity contribution < 1.29 is 19.0 Å². The zero-order chi connectivity index (χ0) is 16.8. The molecule has 126 valence electrons. The van der Waals surface area contributed by atoms with Crippen LogP contribution in [-0.4, -0.2) is 32.0 Å². The van der Waals surface area contributed by atoms with Gasteiger partial charge < -0.3 is 19.5 Å². The number of ether oxygens (including phenoxy) is 3. The maximum absolute atomic E-state index is 12.2. The molecular weight excluding hydrogens is 326 g/mol. The van der Waals surface area contributed by atoms with E-state index in [-0.39, 0.29) is 5.91 Å². The smallest absolute Gasteiger partial charge is 0.234 e. The molecule has 1 N–H and O–H groups in total. The molecule has 5 nitrogen and oxygen atoms in total. The number of thioether (sulfide) groups is 1. The van der Waals surface area contributed by atoms with Gasteiger partial charge in [-0.3, -0.25) is 4.79 Å². The Labute approximate surface area is 145 Å². The van der Waals surface area contributed by atoms with E-state index in [1.807, 2.05) is 42.5 Å². The number of nitrogens with one attached hydrogen (secondary N) is 1. The van der Waals surface area contributed by atoms with Crippen LogP contribution in [0.1, 0.15) is 6.42 Å². The lowest BCUT2D eigenvalue weighted by molar-refractivity contribution is -0.113. The number of methoxy groups -OCH3 is 1. The lowest BCUT2D eigenvalue weighted by atomic mass is 10.3. The van der Waals surface area contributed by atoms with Gasteiger partial charge in [-0.2, -0.15) is 0 Å². The fraction of sp³-hybridized carbons (Fsp3) is 0.278. The number of carbonyl (C=O) groups is 1. The first-order valence-corrected chi connectivity index (χ1v) is 8.70. The van der Waals surface area contributed by atoms with E-state index < -0.39 is 0 Å². The Balaban J connectivity index is 1.59. The average Bonchev–Trinajstić information content (AvgIpc) is 2.85. The predicted molar refractivity (Wildman–Crippen MR) is 94.4 cm³/mol. The lowest BCUT2D eigenvalue weighted by Crippen LogP contribution is -2.14. The van der Waals surface area contributed by atoms with Crippen molar-refractivity contribution in [2.45, 2.75) is 11.3 Å². The van der Waals surface area contributed by atoms with Gasteiger partial charge in [-0.05, 0) is 30.3 Å². The summed E-state index contributed by atoms with van der Waals surface area (Å²) in [5.74, 6) is 2.36. The van der Waals surface area contributed by atoms with Crippen LogP contribution in [0.4, 0.5) is 5.69 Å². The lowest BCUT2D eigenvalue weighted by Gasteiger charge is -2.11. The standard InChI is InChI=1S/C18H19NO4S/c1-21-15-6-3-2-5-14(15)19-18(20)12-24-13-7-8-16-17(11-13)23-10-4-9-22-16/h2-3,5-8,11H,4,9-10,12H2,1H3,(H,19,20). The molecule has 3 rings (SSSR count). The second-order valence-corrected chi connectivity index (χ2v) is 6.24. The Morgan fingerprint density at radius 2 is 1.96 bits per heavy atom. The number of carbonyl (C=O) groups excluding carboxylic acids is 1.